The summed E-state index contributed by atoms with van der Waals surface area (Å²) in [4.78, 5) is 7.84. The number of benzene rings is 7. The predicted octanol–water partition coefficient (Wildman–Crippen LogP) is 11.3. The molecule has 0 bridgehead atoms. The summed E-state index contributed by atoms with van der Waals surface area (Å²) in [6.45, 7) is 4.89. The SMILES string of the molecule is CC1(C)c2ccccc2-c2cc3c(cc21)B1c2cc4c(cc2N(c2ccccc2)c2cccc(c21)N3c1ccccc1)C1CCCCC1N4c1ccccc1. The molecule has 2 atom stereocenters. The Hall–Kier alpha value is -6.00. The Bertz CT molecular complexity index is 2670. The highest BCUT2D eigenvalue weighted by Crippen LogP contribution is 2.55. The maximum atomic E-state index is 2.72. The van der Waals surface area contributed by atoms with Crippen molar-refractivity contribution in [3.8, 4) is 11.1 Å². The highest BCUT2D eigenvalue weighted by atomic mass is 15.2. The summed E-state index contributed by atoms with van der Waals surface area (Å²) in [5.41, 5.74) is 21.3. The molecule has 3 aliphatic heterocycles. The van der Waals surface area contributed by atoms with E-state index in [1.807, 2.05) is 0 Å². The summed E-state index contributed by atoms with van der Waals surface area (Å²) >= 11 is 0. The van der Waals surface area contributed by atoms with Crippen LogP contribution in [0.2, 0.25) is 0 Å². The zero-order valence-electron chi connectivity index (χ0n) is 31.4. The zero-order valence-corrected chi connectivity index (χ0v) is 31.4. The topological polar surface area (TPSA) is 9.72 Å². The molecule has 0 radical (unpaired) electrons. The molecule has 0 saturated heterocycles. The van der Waals surface area contributed by atoms with E-state index < -0.39 is 0 Å². The second kappa shape index (κ2) is 11.5. The molecule has 0 amide bonds. The minimum Gasteiger partial charge on any atom is -0.338 e. The van der Waals surface area contributed by atoms with Gasteiger partial charge in [-0.1, -0.05) is 118 Å². The maximum absolute atomic E-state index is 2.72. The molecule has 55 heavy (non-hydrogen) atoms. The van der Waals surface area contributed by atoms with Crippen LogP contribution < -0.4 is 31.1 Å². The van der Waals surface area contributed by atoms with E-state index in [1.54, 1.807) is 0 Å². The number of hydrogen-bond acceptors (Lipinski definition) is 3. The van der Waals surface area contributed by atoms with Gasteiger partial charge in [0.15, 0.2) is 0 Å². The van der Waals surface area contributed by atoms with Crippen molar-refractivity contribution in [2.24, 2.45) is 0 Å². The molecule has 12 rings (SSSR count). The lowest BCUT2D eigenvalue weighted by atomic mass is 9.33. The van der Waals surface area contributed by atoms with E-state index in [2.05, 4.69) is 186 Å². The number of para-hydroxylation sites is 3. The normalized spacial score (nSPS) is 19.2. The fourth-order valence-corrected chi connectivity index (χ4v) is 11.3. The van der Waals surface area contributed by atoms with Crippen LogP contribution in [0.4, 0.5) is 45.5 Å². The van der Waals surface area contributed by atoms with Crippen molar-refractivity contribution in [2.45, 2.75) is 56.9 Å². The average Bonchev–Trinajstić information content (AvgIpc) is 3.67. The standard InChI is InChI=1S/C51H42BN3/c1-51(2)40-25-14-12-23-36(40)38-29-48-42(31-41(38)51)52-43-32-47-39(37-24-13-15-26-44(37)53(47)33-17-6-3-7-18-33)30-49(43)55(35-21-10-5-11-22-35)46-28-16-27-45(50(46)52)54(48)34-19-8-4-9-20-34/h3-12,14,16-23,25,27-32,37,44H,13,15,24,26H2,1-2H3. The van der Waals surface area contributed by atoms with Crippen molar-refractivity contribution >= 4 is 68.6 Å². The molecule has 3 nitrogen and oxygen atoms in total. The Morgan fingerprint density at radius 2 is 1.07 bits per heavy atom. The van der Waals surface area contributed by atoms with Crippen LogP contribution in [0.1, 0.15) is 62.1 Å². The van der Waals surface area contributed by atoms with Gasteiger partial charge in [0, 0.05) is 62.9 Å². The van der Waals surface area contributed by atoms with Crippen LogP contribution in [0.15, 0.2) is 158 Å². The van der Waals surface area contributed by atoms with Gasteiger partial charge in [0.05, 0.1) is 0 Å². The third kappa shape index (κ3) is 4.28. The lowest BCUT2D eigenvalue weighted by Crippen LogP contribution is -2.61. The Morgan fingerprint density at radius 3 is 1.76 bits per heavy atom. The zero-order chi connectivity index (χ0) is 36.4. The third-order valence-corrected chi connectivity index (χ3v) is 13.6. The first-order chi connectivity index (χ1) is 27.1. The lowest BCUT2D eigenvalue weighted by Gasteiger charge is -2.44. The summed E-state index contributed by atoms with van der Waals surface area (Å²) in [7, 11) is 0. The van der Waals surface area contributed by atoms with Crippen LogP contribution in [0.3, 0.4) is 0 Å². The monoisotopic (exact) mass is 707 g/mol. The number of anilines is 8. The largest absolute Gasteiger partial charge is 0.338 e. The molecule has 264 valence electrons. The van der Waals surface area contributed by atoms with Gasteiger partial charge in [-0.2, -0.15) is 0 Å². The van der Waals surface area contributed by atoms with Crippen LogP contribution >= 0.6 is 0 Å². The van der Waals surface area contributed by atoms with Crippen LogP contribution in [-0.2, 0) is 5.41 Å². The number of hydrogen-bond donors (Lipinski definition) is 0. The summed E-state index contributed by atoms with van der Waals surface area (Å²) in [5.74, 6) is 0.523. The van der Waals surface area contributed by atoms with Crippen LogP contribution in [0, 0.1) is 0 Å². The van der Waals surface area contributed by atoms with Gasteiger partial charge < -0.3 is 14.7 Å². The highest BCUT2D eigenvalue weighted by molar-refractivity contribution is 7.00. The first-order valence-electron chi connectivity index (χ1n) is 20.2. The van der Waals surface area contributed by atoms with Crippen molar-refractivity contribution < 1.29 is 0 Å². The highest BCUT2D eigenvalue weighted by Gasteiger charge is 2.48. The molecule has 0 aromatic heterocycles. The van der Waals surface area contributed by atoms with E-state index in [0.29, 0.717) is 12.0 Å². The van der Waals surface area contributed by atoms with Crippen LogP contribution in [0.5, 0.6) is 0 Å². The summed E-state index contributed by atoms with van der Waals surface area (Å²) < 4.78 is 0. The van der Waals surface area contributed by atoms with E-state index in [4.69, 9.17) is 0 Å². The lowest BCUT2D eigenvalue weighted by molar-refractivity contribution is 0.402. The molecule has 2 unspecified atom stereocenters. The second-order valence-corrected chi connectivity index (χ2v) is 16.7. The van der Waals surface area contributed by atoms with Crippen molar-refractivity contribution in [1.82, 2.24) is 0 Å². The van der Waals surface area contributed by atoms with Gasteiger partial charge in [-0.15, -0.1) is 0 Å². The Labute approximate surface area is 324 Å². The number of rotatable bonds is 3. The van der Waals surface area contributed by atoms with Gasteiger partial charge in [-0.3, -0.25) is 0 Å². The molecule has 1 fully saturated rings. The van der Waals surface area contributed by atoms with Gasteiger partial charge in [0.25, 0.3) is 6.71 Å². The number of fused-ring (bicyclic) bond motifs is 10. The van der Waals surface area contributed by atoms with Crippen molar-refractivity contribution in [2.75, 3.05) is 14.7 Å². The average molecular weight is 708 g/mol. The molecule has 1 saturated carbocycles. The van der Waals surface area contributed by atoms with Gasteiger partial charge >= 0.3 is 0 Å². The molecular formula is C51H42BN3. The summed E-state index contributed by atoms with van der Waals surface area (Å²) in [5, 5.41) is 0. The van der Waals surface area contributed by atoms with Crippen LogP contribution in [0.25, 0.3) is 11.1 Å². The van der Waals surface area contributed by atoms with E-state index in [0.717, 1.165) is 0 Å². The molecule has 7 aromatic rings. The van der Waals surface area contributed by atoms with Crippen molar-refractivity contribution in [3.63, 3.8) is 0 Å². The Kier molecular flexibility index (Phi) is 6.56. The molecule has 4 heteroatoms. The number of nitrogens with zero attached hydrogens (tertiary/aromatic N) is 3. The first-order valence-corrected chi connectivity index (χ1v) is 20.2. The fraction of sp³-hybridized carbons (Fsp3) is 0.176. The van der Waals surface area contributed by atoms with Gasteiger partial charge in [-0.05, 0) is 124 Å². The molecule has 2 aliphatic carbocycles. The molecule has 0 N–H and O–H groups in total. The smallest absolute Gasteiger partial charge is 0.252 e. The minimum atomic E-state index is -0.108. The van der Waals surface area contributed by atoms with E-state index in [-0.39, 0.29) is 12.1 Å². The second-order valence-electron chi connectivity index (χ2n) is 16.7. The molecular weight excluding hydrogens is 665 g/mol. The first kappa shape index (κ1) is 31.4. The molecule has 3 heterocycles. The molecule has 5 aliphatic rings. The van der Waals surface area contributed by atoms with E-state index in [9.17, 15) is 0 Å². The quantitative estimate of drug-likeness (QED) is 0.169. The molecule has 0 spiro atoms. The summed E-state index contributed by atoms with van der Waals surface area (Å²) in [6.07, 6.45) is 5.05. The maximum Gasteiger partial charge on any atom is 0.252 e. The van der Waals surface area contributed by atoms with Crippen molar-refractivity contribution in [3.05, 3.63) is 174 Å². The third-order valence-electron chi connectivity index (χ3n) is 13.6. The summed E-state index contributed by atoms with van der Waals surface area (Å²) in [6, 6.07) is 60.3. The Balaban J connectivity index is 1.18. The predicted molar refractivity (Wildman–Crippen MR) is 232 cm³/mol. The van der Waals surface area contributed by atoms with E-state index >= 15 is 0 Å². The van der Waals surface area contributed by atoms with Crippen molar-refractivity contribution in [1.29, 1.82) is 0 Å². The van der Waals surface area contributed by atoms with Gasteiger partial charge in [0.1, 0.15) is 0 Å². The molecule has 7 aromatic carbocycles. The van der Waals surface area contributed by atoms with Gasteiger partial charge in [-0.25, -0.2) is 0 Å². The Morgan fingerprint density at radius 1 is 0.491 bits per heavy atom. The minimum absolute atomic E-state index is 0.0616. The van der Waals surface area contributed by atoms with Gasteiger partial charge in [0.2, 0.25) is 0 Å². The van der Waals surface area contributed by atoms with Crippen LogP contribution in [-0.4, -0.2) is 12.8 Å². The van der Waals surface area contributed by atoms with E-state index in [1.165, 1.54) is 115 Å². The fourth-order valence-electron chi connectivity index (χ4n) is 11.3.